The van der Waals surface area contributed by atoms with Crippen molar-refractivity contribution in [2.45, 2.75) is 12.8 Å². The van der Waals surface area contributed by atoms with E-state index >= 15 is 0 Å². The van der Waals surface area contributed by atoms with Gasteiger partial charge in [0.2, 0.25) is 0 Å². The van der Waals surface area contributed by atoms with Gasteiger partial charge in [-0.15, -0.1) is 0 Å². The number of aromatic nitrogens is 1. The molecule has 1 N–H and O–H groups in total. The van der Waals surface area contributed by atoms with E-state index in [1.165, 1.54) is 12.1 Å². The summed E-state index contributed by atoms with van der Waals surface area (Å²) in [4.78, 5) is 18.8. The van der Waals surface area contributed by atoms with Crippen LogP contribution in [0.25, 0.3) is 11.3 Å². The van der Waals surface area contributed by atoms with Crippen LogP contribution in [0.4, 0.5) is 4.39 Å². The molecule has 0 aliphatic carbocycles. The van der Waals surface area contributed by atoms with E-state index in [2.05, 4.69) is 22.2 Å². The first-order valence-corrected chi connectivity index (χ1v) is 8.30. The molecule has 5 heteroatoms. The Morgan fingerprint density at radius 2 is 2.08 bits per heavy atom. The van der Waals surface area contributed by atoms with Gasteiger partial charge in [0.1, 0.15) is 5.82 Å². The molecular weight excluding hydrogens is 305 g/mol. The lowest BCUT2D eigenvalue weighted by Gasteiger charge is -2.28. The molecule has 1 aliphatic heterocycles. The summed E-state index contributed by atoms with van der Waals surface area (Å²) < 4.78 is 13.3. The summed E-state index contributed by atoms with van der Waals surface area (Å²) in [6.07, 6.45) is 3.78. The predicted molar refractivity (Wildman–Crippen MR) is 92.2 cm³/mol. The highest BCUT2D eigenvalue weighted by Crippen LogP contribution is 2.18. The molecule has 1 aliphatic rings. The van der Waals surface area contributed by atoms with Crippen molar-refractivity contribution in [1.29, 1.82) is 0 Å². The van der Waals surface area contributed by atoms with Crippen LogP contribution < -0.4 is 5.32 Å². The highest BCUT2D eigenvalue weighted by Gasteiger charge is 2.17. The van der Waals surface area contributed by atoms with E-state index in [-0.39, 0.29) is 11.7 Å². The quantitative estimate of drug-likeness (QED) is 0.939. The molecule has 1 saturated heterocycles. The first kappa shape index (κ1) is 16.6. The Morgan fingerprint density at radius 1 is 1.29 bits per heavy atom. The summed E-state index contributed by atoms with van der Waals surface area (Å²) in [5.74, 6) is 0.145. The Hall–Kier alpha value is -2.27. The van der Waals surface area contributed by atoms with Crippen molar-refractivity contribution in [3.63, 3.8) is 0 Å². The number of halogens is 1. The van der Waals surface area contributed by atoms with Crippen LogP contribution in [0.2, 0.25) is 0 Å². The number of nitrogens with one attached hydrogen (secondary N) is 1. The summed E-state index contributed by atoms with van der Waals surface area (Å²) in [7, 11) is 2.13. The average Bonchev–Trinajstić information content (AvgIpc) is 2.61. The van der Waals surface area contributed by atoms with Crippen molar-refractivity contribution in [3.05, 3.63) is 54.0 Å². The van der Waals surface area contributed by atoms with Crippen LogP contribution in [0.3, 0.4) is 0 Å². The molecule has 0 unspecified atom stereocenters. The Kier molecular flexibility index (Phi) is 5.20. The number of hydrogen-bond acceptors (Lipinski definition) is 3. The molecule has 2 aromatic rings. The molecule has 4 nitrogen and oxygen atoms in total. The van der Waals surface area contributed by atoms with Gasteiger partial charge < -0.3 is 10.2 Å². The first-order chi connectivity index (χ1) is 11.6. The standard InChI is InChI=1S/C19H22FN3O/c1-23-9-7-14(8-10-23)12-22-19(24)16-5-6-18(21-13-16)15-3-2-4-17(20)11-15/h2-6,11,13-14H,7-10,12H2,1H3,(H,22,24). The minimum Gasteiger partial charge on any atom is -0.352 e. The smallest absolute Gasteiger partial charge is 0.252 e. The molecule has 0 spiro atoms. The van der Waals surface area contributed by atoms with Crippen LogP contribution in [0.15, 0.2) is 42.6 Å². The van der Waals surface area contributed by atoms with Gasteiger partial charge in [0, 0.05) is 18.3 Å². The third kappa shape index (κ3) is 4.17. The zero-order valence-electron chi connectivity index (χ0n) is 13.8. The molecule has 0 atom stereocenters. The number of amides is 1. The molecule has 1 aromatic carbocycles. The van der Waals surface area contributed by atoms with Crippen LogP contribution in [-0.4, -0.2) is 42.5 Å². The first-order valence-electron chi connectivity index (χ1n) is 8.30. The van der Waals surface area contributed by atoms with Crippen molar-refractivity contribution >= 4 is 5.91 Å². The van der Waals surface area contributed by atoms with Crippen molar-refractivity contribution < 1.29 is 9.18 Å². The van der Waals surface area contributed by atoms with Crippen LogP contribution in [0.1, 0.15) is 23.2 Å². The SMILES string of the molecule is CN1CCC(CNC(=O)c2ccc(-c3cccc(F)c3)nc2)CC1. The maximum Gasteiger partial charge on any atom is 0.252 e. The maximum absolute atomic E-state index is 13.3. The number of nitrogens with zero attached hydrogens (tertiary/aromatic N) is 2. The minimum absolute atomic E-state index is 0.104. The summed E-state index contributed by atoms with van der Waals surface area (Å²) in [5, 5.41) is 2.99. The van der Waals surface area contributed by atoms with Gasteiger partial charge in [-0.1, -0.05) is 12.1 Å². The van der Waals surface area contributed by atoms with Gasteiger partial charge in [-0.2, -0.15) is 0 Å². The second-order valence-electron chi connectivity index (χ2n) is 6.40. The number of carbonyl (C=O) groups excluding carboxylic acids is 1. The Balaban J connectivity index is 1.58. The summed E-state index contributed by atoms with van der Waals surface area (Å²) >= 11 is 0. The fourth-order valence-corrected chi connectivity index (χ4v) is 2.95. The van der Waals surface area contributed by atoms with E-state index in [0.717, 1.165) is 25.9 Å². The van der Waals surface area contributed by atoms with Gasteiger partial charge >= 0.3 is 0 Å². The molecule has 2 heterocycles. The fourth-order valence-electron chi connectivity index (χ4n) is 2.95. The zero-order valence-corrected chi connectivity index (χ0v) is 13.8. The number of carbonyl (C=O) groups is 1. The summed E-state index contributed by atoms with van der Waals surface area (Å²) in [6.45, 7) is 2.88. The van der Waals surface area contributed by atoms with E-state index in [1.54, 1.807) is 30.5 Å². The number of hydrogen-bond donors (Lipinski definition) is 1. The van der Waals surface area contributed by atoms with Gasteiger partial charge in [0.15, 0.2) is 0 Å². The monoisotopic (exact) mass is 327 g/mol. The van der Waals surface area contributed by atoms with Crippen LogP contribution in [0, 0.1) is 11.7 Å². The lowest BCUT2D eigenvalue weighted by molar-refractivity contribution is 0.0938. The summed E-state index contributed by atoms with van der Waals surface area (Å²) in [6, 6.07) is 9.76. The topological polar surface area (TPSA) is 45.2 Å². The molecule has 0 bridgehead atoms. The second kappa shape index (κ2) is 7.53. The van der Waals surface area contributed by atoms with Gasteiger partial charge in [-0.3, -0.25) is 9.78 Å². The highest BCUT2D eigenvalue weighted by molar-refractivity contribution is 5.94. The summed E-state index contributed by atoms with van der Waals surface area (Å²) in [5.41, 5.74) is 1.89. The van der Waals surface area contributed by atoms with E-state index in [4.69, 9.17) is 0 Å². The van der Waals surface area contributed by atoms with E-state index in [9.17, 15) is 9.18 Å². The number of likely N-dealkylation sites (tertiary alicyclic amines) is 1. The lowest BCUT2D eigenvalue weighted by atomic mass is 9.97. The number of rotatable bonds is 4. The largest absolute Gasteiger partial charge is 0.352 e. The van der Waals surface area contributed by atoms with Crippen molar-refractivity contribution in [2.24, 2.45) is 5.92 Å². The molecule has 1 aromatic heterocycles. The predicted octanol–water partition coefficient (Wildman–Crippen LogP) is 2.96. The Morgan fingerprint density at radius 3 is 2.75 bits per heavy atom. The highest BCUT2D eigenvalue weighted by atomic mass is 19.1. The third-order valence-corrected chi connectivity index (χ3v) is 4.54. The van der Waals surface area contributed by atoms with Gasteiger partial charge in [-0.05, 0) is 63.2 Å². The maximum atomic E-state index is 13.3. The molecule has 126 valence electrons. The zero-order chi connectivity index (χ0) is 16.9. The Labute approximate surface area is 141 Å². The second-order valence-corrected chi connectivity index (χ2v) is 6.40. The molecule has 24 heavy (non-hydrogen) atoms. The van der Waals surface area contributed by atoms with Crippen LogP contribution in [0.5, 0.6) is 0 Å². The van der Waals surface area contributed by atoms with Gasteiger partial charge in [-0.25, -0.2) is 4.39 Å². The number of pyridine rings is 1. The molecular formula is C19H22FN3O. The van der Waals surface area contributed by atoms with Crippen molar-refractivity contribution in [1.82, 2.24) is 15.2 Å². The molecule has 0 saturated carbocycles. The number of benzene rings is 1. The minimum atomic E-state index is -0.297. The lowest BCUT2D eigenvalue weighted by Crippen LogP contribution is -2.36. The Bertz CT molecular complexity index is 694. The molecule has 3 rings (SSSR count). The van der Waals surface area contributed by atoms with Crippen LogP contribution >= 0.6 is 0 Å². The molecule has 1 amide bonds. The van der Waals surface area contributed by atoms with Crippen molar-refractivity contribution in [3.8, 4) is 11.3 Å². The molecule has 0 radical (unpaired) electrons. The normalized spacial score (nSPS) is 16.1. The van der Waals surface area contributed by atoms with Crippen LogP contribution in [-0.2, 0) is 0 Å². The van der Waals surface area contributed by atoms with Crippen molar-refractivity contribution in [2.75, 3.05) is 26.7 Å². The third-order valence-electron chi connectivity index (χ3n) is 4.54. The van der Waals surface area contributed by atoms with Gasteiger partial charge in [0.05, 0.1) is 11.3 Å². The van der Waals surface area contributed by atoms with Gasteiger partial charge in [0.25, 0.3) is 5.91 Å². The number of piperidine rings is 1. The van der Waals surface area contributed by atoms with E-state index < -0.39 is 0 Å². The van der Waals surface area contributed by atoms with E-state index in [1.807, 2.05) is 0 Å². The average molecular weight is 327 g/mol. The molecule has 1 fully saturated rings. The van der Waals surface area contributed by atoms with E-state index in [0.29, 0.717) is 29.3 Å². The fraction of sp³-hybridized carbons (Fsp3) is 0.368.